The van der Waals surface area contributed by atoms with Gasteiger partial charge in [0.15, 0.2) is 7.14 Å². The molecule has 1 atom stereocenters. The molecule has 122 valence electrons. The van der Waals surface area contributed by atoms with Crippen LogP contribution in [0, 0.1) is 0 Å². The van der Waals surface area contributed by atoms with Crippen molar-refractivity contribution < 1.29 is 9.67 Å². The average molecular weight is 377 g/mol. The summed E-state index contributed by atoms with van der Waals surface area (Å²) >= 11 is 12.5. The van der Waals surface area contributed by atoms with Crippen LogP contribution in [0.5, 0.6) is 0 Å². The van der Waals surface area contributed by atoms with Gasteiger partial charge in [-0.15, -0.1) is 0 Å². The summed E-state index contributed by atoms with van der Waals surface area (Å²) in [6.07, 6.45) is 0. The monoisotopic (exact) mass is 376 g/mol. The van der Waals surface area contributed by atoms with Gasteiger partial charge in [0.1, 0.15) is 5.85 Å². The lowest BCUT2D eigenvalue weighted by atomic mass is 10.2. The summed E-state index contributed by atoms with van der Waals surface area (Å²) in [7, 11) is -3.40. The highest BCUT2D eigenvalue weighted by Crippen LogP contribution is 2.57. The van der Waals surface area contributed by atoms with Gasteiger partial charge in [-0.05, 0) is 12.1 Å². The smallest absolute Gasteiger partial charge is 0.174 e. The van der Waals surface area contributed by atoms with Gasteiger partial charge in [-0.3, -0.25) is 0 Å². The Labute approximate surface area is 151 Å². The van der Waals surface area contributed by atoms with E-state index in [1.807, 2.05) is 12.1 Å². The molecule has 0 spiro atoms. The summed E-state index contributed by atoms with van der Waals surface area (Å²) < 4.78 is 14.1. The van der Waals surface area contributed by atoms with Gasteiger partial charge in [0, 0.05) is 26.2 Å². The highest BCUT2D eigenvalue weighted by Gasteiger charge is 2.38. The summed E-state index contributed by atoms with van der Waals surface area (Å²) in [6.45, 7) is 0. The Bertz CT molecular complexity index is 819. The second-order valence-electron chi connectivity index (χ2n) is 5.34. The van der Waals surface area contributed by atoms with Crippen molar-refractivity contribution in [3.05, 3.63) is 94.5 Å². The summed E-state index contributed by atoms with van der Waals surface area (Å²) in [4.78, 5) is 0. The third-order valence-electron chi connectivity index (χ3n) is 3.88. The molecular weight excluding hydrogens is 362 g/mol. The number of aliphatic hydroxyl groups excluding tert-OH is 1. The lowest BCUT2D eigenvalue weighted by molar-refractivity contribution is 0.257. The minimum atomic E-state index is -3.40. The van der Waals surface area contributed by atoms with E-state index in [0.717, 1.165) is 0 Å². The first-order valence-electron chi connectivity index (χ1n) is 7.38. The molecule has 0 fully saturated rings. The van der Waals surface area contributed by atoms with Crippen molar-refractivity contribution in [1.82, 2.24) is 0 Å². The van der Waals surface area contributed by atoms with Gasteiger partial charge in [0.25, 0.3) is 0 Å². The van der Waals surface area contributed by atoms with E-state index in [1.165, 1.54) is 0 Å². The van der Waals surface area contributed by atoms with Crippen LogP contribution >= 0.6 is 30.3 Å². The van der Waals surface area contributed by atoms with Crippen LogP contribution < -0.4 is 10.6 Å². The number of halogens is 2. The van der Waals surface area contributed by atoms with Crippen molar-refractivity contribution in [3.63, 3.8) is 0 Å². The van der Waals surface area contributed by atoms with Crippen molar-refractivity contribution in [2.75, 3.05) is 0 Å². The molecule has 0 aliphatic heterocycles. The molecule has 3 rings (SSSR count). The maximum Gasteiger partial charge on any atom is 0.174 e. The highest BCUT2D eigenvalue weighted by atomic mass is 35.5. The molecule has 2 nitrogen and oxygen atoms in total. The fourth-order valence-electron chi connectivity index (χ4n) is 2.67. The van der Waals surface area contributed by atoms with Gasteiger partial charge in [0.05, 0.1) is 0 Å². The van der Waals surface area contributed by atoms with Crippen molar-refractivity contribution >= 4 is 41.0 Å². The number of benzene rings is 3. The molecule has 0 bridgehead atoms. The fraction of sp³-hybridized carbons (Fsp3) is 0.0526. The normalized spacial score (nSPS) is 12.8. The van der Waals surface area contributed by atoms with Gasteiger partial charge in [-0.2, -0.15) is 0 Å². The zero-order chi connectivity index (χ0) is 17.2. The molecule has 5 heteroatoms. The van der Waals surface area contributed by atoms with Crippen LogP contribution in [-0.4, -0.2) is 5.11 Å². The van der Waals surface area contributed by atoms with Gasteiger partial charge >= 0.3 is 0 Å². The molecular formula is C19H15Cl2O2P. The summed E-state index contributed by atoms with van der Waals surface area (Å²) in [5, 5.41) is 12.8. The molecule has 3 aromatic rings. The summed E-state index contributed by atoms with van der Waals surface area (Å²) in [6, 6.07) is 22.8. The molecule has 24 heavy (non-hydrogen) atoms. The first-order chi connectivity index (χ1) is 11.5. The van der Waals surface area contributed by atoms with E-state index in [0.29, 0.717) is 20.7 Å². The van der Waals surface area contributed by atoms with E-state index in [-0.39, 0.29) is 5.56 Å². The summed E-state index contributed by atoms with van der Waals surface area (Å²) in [5.41, 5.74) is 0.289. The van der Waals surface area contributed by atoms with E-state index in [2.05, 4.69) is 0 Å². The Morgan fingerprint density at radius 2 is 1.12 bits per heavy atom. The number of rotatable bonds is 4. The number of hydrogen-bond acceptors (Lipinski definition) is 2. The minimum Gasteiger partial charge on any atom is -0.380 e. The zero-order valence-electron chi connectivity index (χ0n) is 12.6. The van der Waals surface area contributed by atoms with Gasteiger partial charge in [-0.1, -0.05) is 89.9 Å². The predicted octanol–water partition coefficient (Wildman–Crippen LogP) is 5.00. The minimum absolute atomic E-state index is 0.289. The highest BCUT2D eigenvalue weighted by molar-refractivity contribution is 7.78. The second-order valence-corrected chi connectivity index (χ2v) is 8.99. The van der Waals surface area contributed by atoms with Crippen molar-refractivity contribution in [1.29, 1.82) is 0 Å². The molecule has 0 aliphatic rings. The van der Waals surface area contributed by atoms with Crippen LogP contribution in [0.25, 0.3) is 0 Å². The predicted molar refractivity (Wildman–Crippen MR) is 101 cm³/mol. The molecule has 0 saturated heterocycles. The molecule has 1 unspecified atom stereocenters. The Morgan fingerprint density at radius 3 is 1.54 bits per heavy atom. The third-order valence-corrected chi connectivity index (χ3v) is 7.62. The molecule has 0 heterocycles. The van der Waals surface area contributed by atoms with Crippen LogP contribution in [0.15, 0.2) is 78.9 Å². The van der Waals surface area contributed by atoms with E-state index in [4.69, 9.17) is 23.2 Å². The number of aliphatic hydroxyl groups is 1. The largest absolute Gasteiger partial charge is 0.380 e. The van der Waals surface area contributed by atoms with Crippen LogP contribution in [0.2, 0.25) is 10.0 Å². The average Bonchev–Trinajstić information content (AvgIpc) is 2.62. The first kappa shape index (κ1) is 17.3. The van der Waals surface area contributed by atoms with Crippen molar-refractivity contribution in [2.24, 2.45) is 0 Å². The standard InChI is InChI=1S/C19H15Cl2O2P/c20-16-12-7-13-17(21)18(16)19(22)24(23,14-8-3-1-4-9-14)15-10-5-2-6-11-15/h1-13,19,22H. The number of hydrogen-bond donors (Lipinski definition) is 1. The third kappa shape index (κ3) is 3.03. The van der Waals surface area contributed by atoms with Gasteiger partial charge in [0.2, 0.25) is 0 Å². The molecule has 0 aromatic heterocycles. The Hall–Kier alpha value is -1.57. The first-order valence-corrected chi connectivity index (χ1v) is 9.91. The van der Waals surface area contributed by atoms with E-state index < -0.39 is 13.0 Å². The second kappa shape index (κ2) is 7.13. The van der Waals surface area contributed by atoms with Crippen LogP contribution in [0.4, 0.5) is 0 Å². The van der Waals surface area contributed by atoms with E-state index >= 15 is 0 Å². The Morgan fingerprint density at radius 1 is 0.708 bits per heavy atom. The Kier molecular flexibility index (Phi) is 5.12. The molecule has 3 aromatic carbocycles. The topological polar surface area (TPSA) is 37.3 Å². The lowest BCUT2D eigenvalue weighted by Crippen LogP contribution is -2.21. The van der Waals surface area contributed by atoms with Crippen molar-refractivity contribution in [3.8, 4) is 0 Å². The van der Waals surface area contributed by atoms with Crippen LogP contribution in [0.3, 0.4) is 0 Å². The molecule has 0 saturated carbocycles. The van der Waals surface area contributed by atoms with E-state index in [1.54, 1.807) is 66.7 Å². The molecule has 1 N–H and O–H groups in total. The van der Waals surface area contributed by atoms with E-state index in [9.17, 15) is 9.67 Å². The molecule has 0 amide bonds. The van der Waals surface area contributed by atoms with Crippen LogP contribution in [0.1, 0.15) is 11.4 Å². The summed E-state index contributed by atoms with van der Waals surface area (Å²) in [5.74, 6) is -1.33. The lowest BCUT2D eigenvalue weighted by Gasteiger charge is -2.26. The fourth-order valence-corrected chi connectivity index (χ4v) is 6.16. The zero-order valence-corrected chi connectivity index (χ0v) is 15.0. The SMILES string of the molecule is O=P(c1ccccc1)(c1ccccc1)C(O)c1c(Cl)cccc1Cl. The van der Waals surface area contributed by atoms with Gasteiger partial charge < -0.3 is 9.67 Å². The maximum absolute atomic E-state index is 14.1. The molecule has 0 radical (unpaired) electrons. The van der Waals surface area contributed by atoms with Crippen LogP contribution in [-0.2, 0) is 4.57 Å². The quantitative estimate of drug-likeness (QED) is 0.650. The van der Waals surface area contributed by atoms with Crippen molar-refractivity contribution in [2.45, 2.75) is 5.85 Å². The maximum atomic E-state index is 14.1. The molecule has 0 aliphatic carbocycles. The van der Waals surface area contributed by atoms with Gasteiger partial charge in [-0.25, -0.2) is 0 Å². The Balaban J connectivity index is 2.25.